The fourth-order valence-corrected chi connectivity index (χ4v) is 13.9. The molecule has 0 aromatic heterocycles. The highest BCUT2D eigenvalue weighted by Crippen LogP contribution is 2.45. The highest BCUT2D eigenvalue weighted by Gasteiger charge is 2.48. The summed E-state index contributed by atoms with van der Waals surface area (Å²) >= 11 is 0. The monoisotopic (exact) mass is 575 g/mol. The zero-order valence-corrected chi connectivity index (χ0v) is 26.8. The smallest absolute Gasteiger partial charge is 0.292 e. The average molecular weight is 576 g/mol. The van der Waals surface area contributed by atoms with E-state index in [1.807, 2.05) is 97.1 Å². The Hall–Kier alpha value is -2.72. The highest BCUT2D eigenvalue weighted by atomic mass is 31.2. The first-order chi connectivity index (χ1) is 19.1. The summed E-state index contributed by atoms with van der Waals surface area (Å²) < 4.78 is 21.4. The van der Waals surface area contributed by atoms with Crippen LogP contribution < -0.4 is 15.7 Å². The van der Waals surface area contributed by atoms with Crippen LogP contribution in [0.4, 0.5) is 0 Å². The van der Waals surface area contributed by atoms with Crippen molar-refractivity contribution >= 4 is 32.2 Å². The molecule has 6 heteroatoms. The van der Waals surface area contributed by atoms with Crippen molar-refractivity contribution in [2.45, 2.75) is 77.0 Å². The third-order valence-corrected chi connectivity index (χ3v) is 16.8. The van der Waals surface area contributed by atoms with Crippen LogP contribution in [0.5, 0.6) is 0 Å². The minimum atomic E-state index is -3.24. The van der Waals surface area contributed by atoms with Crippen molar-refractivity contribution in [3.8, 4) is 0 Å². The van der Waals surface area contributed by atoms with Gasteiger partial charge in [0.2, 0.25) is 7.29 Å². The third kappa shape index (κ3) is 7.12. The van der Waals surface area contributed by atoms with Crippen molar-refractivity contribution in [2.24, 2.45) is 5.92 Å². The molecule has 0 unspecified atom stereocenters. The number of carbonyl (C=O) groups is 1. The fourth-order valence-electron chi connectivity index (χ4n) is 6.15. The van der Waals surface area contributed by atoms with E-state index in [1.54, 1.807) is 0 Å². The van der Waals surface area contributed by atoms with E-state index in [-0.39, 0.29) is 24.3 Å². The van der Waals surface area contributed by atoms with Crippen molar-refractivity contribution in [2.75, 3.05) is 0 Å². The van der Waals surface area contributed by atoms with Gasteiger partial charge in [0.25, 0.3) is 14.3 Å². The van der Waals surface area contributed by atoms with E-state index in [9.17, 15) is 9.36 Å². The number of carbonyl (C=O) groups excluding carboxylic acids is 1. The molecular weight excluding hydrogens is 529 g/mol. The molecule has 0 saturated heterocycles. The number of hydrogen-bond donors (Lipinski definition) is 1. The molecule has 3 rings (SSSR count). The van der Waals surface area contributed by atoms with Gasteiger partial charge >= 0.3 is 0 Å². The zero-order chi connectivity index (χ0) is 29.3. The summed E-state index contributed by atoms with van der Waals surface area (Å²) in [5, 5.41) is 5.08. The van der Waals surface area contributed by atoms with Crippen molar-refractivity contribution in [3.63, 3.8) is 0 Å². The number of nitrogens with one attached hydrogen (secondary N) is 1. The molecule has 0 bridgehead atoms. The molecule has 0 aliphatic rings. The molecule has 0 radical (unpaired) electrons. The summed E-state index contributed by atoms with van der Waals surface area (Å²) in [5.41, 5.74) is 1.98. The first-order valence-corrected chi connectivity index (χ1v) is 18.3. The highest BCUT2D eigenvalue weighted by molar-refractivity contribution is 7.76. The molecule has 0 heterocycles. The Bertz CT molecular complexity index is 1200. The molecule has 0 amide bonds. The molecule has 1 N–H and O–H groups in total. The van der Waals surface area contributed by atoms with Gasteiger partial charge in [0, 0.05) is 23.1 Å². The molecule has 2 atom stereocenters. The summed E-state index contributed by atoms with van der Waals surface area (Å²) in [5.74, 6) is -0.292. The topological polar surface area (TPSA) is 55.4 Å². The third-order valence-electron chi connectivity index (χ3n) is 8.13. The molecule has 214 valence electrons. The van der Waals surface area contributed by atoms with Crippen LogP contribution >= 0.6 is 7.29 Å². The van der Waals surface area contributed by atoms with Gasteiger partial charge in [-0.05, 0) is 58.8 Å². The SMILES string of the molecule is C=C[C@@H](CCC(=O)O[Si](C(C)C)(C(C)C)C(C)C)[C@H](NP(=O)(c1ccccc1)c1ccccc1)c1ccccc1. The summed E-state index contributed by atoms with van der Waals surface area (Å²) in [7, 11) is -5.57. The number of benzene rings is 3. The zero-order valence-electron chi connectivity index (χ0n) is 24.9. The largest absolute Gasteiger partial charge is 0.518 e. The van der Waals surface area contributed by atoms with Gasteiger partial charge in [-0.2, -0.15) is 0 Å². The molecule has 3 aromatic carbocycles. The van der Waals surface area contributed by atoms with E-state index in [0.717, 1.165) is 16.2 Å². The standard InChI is InChI=1S/C34H46NO3PSi/c1-8-29(24-25-33(36)38-40(26(2)3,27(4)5)28(6)7)34(30-18-12-9-13-19-30)35-39(37,31-20-14-10-15-21-31)32-22-16-11-17-23-32/h8-23,26-29,34H,1,24-25H2,2-7H3,(H,35,37)/t29-,34-/m0/s1. The minimum absolute atomic E-state index is 0.143. The lowest BCUT2D eigenvalue weighted by Gasteiger charge is -2.41. The Labute approximate surface area is 242 Å². The van der Waals surface area contributed by atoms with E-state index in [2.05, 4.69) is 53.2 Å². The lowest BCUT2D eigenvalue weighted by molar-refractivity contribution is -0.136. The van der Waals surface area contributed by atoms with E-state index in [0.29, 0.717) is 23.0 Å². The molecule has 3 aromatic rings. The molecule has 4 nitrogen and oxygen atoms in total. The molecule has 0 saturated carbocycles. The van der Waals surface area contributed by atoms with Crippen molar-refractivity contribution in [1.82, 2.24) is 5.09 Å². The fraction of sp³-hybridized carbons (Fsp3) is 0.382. The summed E-state index contributed by atoms with van der Waals surface area (Å²) in [6.07, 6.45) is 2.71. The first kappa shape index (κ1) is 31.8. The van der Waals surface area contributed by atoms with Crippen LogP contribution in [0.25, 0.3) is 0 Å². The van der Waals surface area contributed by atoms with Crippen molar-refractivity contribution < 1.29 is 13.8 Å². The van der Waals surface area contributed by atoms with Crippen LogP contribution in [0, 0.1) is 5.92 Å². The van der Waals surface area contributed by atoms with Gasteiger partial charge in [0.1, 0.15) is 0 Å². The second-order valence-electron chi connectivity index (χ2n) is 11.5. The summed E-state index contributed by atoms with van der Waals surface area (Å²) in [6, 6.07) is 28.9. The Morgan fingerprint density at radius 2 is 1.23 bits per heavy atom. The number of hydrogen-bond acceptors (Lipinski definition) is 3. The molecule has 40 heavy (non-hydrogen) atoms. The van der Waals surface area contributed by atoms with E-state index < -0.39 is 15.6 Å². The van der Waals surface area contributed by atoms with Crippen molar-refractivity contribution in [1.29, 1.82) is 0 Å². The predicted molar refractivity (Wildman–Crippen MR) is 172 cm³/mol. The molecular formula is C34H46NO3PSi. The maximum Gasteiger partial charge on any atom is 0.292 e. The Kier molecular flexibility index (Phi) is 11.3. The van der Waals surface area contributed by atoms with Crippen LogP contribution in [0.1, 0.15) is 66.0 Å². The lowest BCUT2D eigenvalue weighted by Crippen LogP contribution is -2.49. The van der Waals surface area contributed by atoms with Gasteiger partial charge in [0.05, 0.1) is 0 Å². The van der Waals surface area contributed by atoms with Gasteiger partial charge in [-0.25, -0.2) is 0 Å². The maximum atomic E-state index is 14.9. The van der Waals surface area contributed by atoms with Crippen LogP contribution in [0.15, 0.2) is 104 Å². The van der Waals surface area contributed by atoms with Gasteiger partial charge < -0.3 is 4.43 Å². The Morgan fingerprint density at radius 3 is 1.62 bits per heavy atom. The normalized spacial score (nSPS) is 13.8. The second kappa shape index (κ2) is 14.3. The maximum absolute atomic E-state index is 14.9. The summed E-state index contributed by atoms with van der Waals surface area (Å²) in [6.45, 7) is 17.3. The van der Waals surface area contributed by atoms with Gasteiger partial charge in [-0.1, -0.05) is 114 Å². The van der Waals surface area contributed by atoms with E-state index in [4.69, 9.17) is 4.43 Å². The molecule has 0 aliphatic heterocycles. The van der Waals surface area contributed by atoms with Crippen LogP contribution in [0.2, 0.25) is 16.6 Å². The Morgan fingerprint density at radius 1 is 0.800 bits per heavy atom. The van der Waals surface area contributed by atoms with Crippen molar-refractivity contribution in [3.05, 3.63) is 109 Å². The number of rotatable bonds is 14. The van der Waals surface area contributed by atoms with E-state index >= 15 is 0 Å². The van der Waals surface area contributed by atoms with Crippen LogP contribution in [-0.2, 0) is 13.8 Å². The second-order valence-corrected chi connectivity index (χ2v) is 19.4. The van der Waals surface area contributed by atoms with Crippen LogP contribution in [0.3, 0.4) is 0 Å². The van der Waals surface area contributed by atoms with Gasteiger partial charge in [-0.3, -0.25) is 14.4 Å². The minimum Gasteiger partial charge on any atom is -0.518 e. The van der Waals surface area contributed by atoms with Gasteiger partial charge in [-0.15, -0.1) is 6.58 Å². The molecule has 0 fully saturated rings. The molecule has 0 spiro atoms. The average Bonchev–Trinajstić information content (AvgIpc) is 2.96. The first-order valence-electron chi connectivity index (χ1n) is 14.4. The summed E-state index contributed by atoms with van der Waals surface area (Å²) in [4.78, 5) is 13.4. The molecule has 0 aliphatic carbocycles. The Balaban J connectivity index is 1.95. The quantitative estimate of drug-likeness (QED) is 0.119. The van der Waals surface area contributed by atoms with Crippen LogP contribution in [-0.4, -0.2) is 14.3 Å². The predicted octanol–water partition coefficient (Wildman–Crippen LogP) is 8.55. The van der Waals surface area contributed by atoms with E-state index in [1.165, 1.54) is 0 Å². The lowest BCUT2D eigenvalue weighted by atomic mass is 9.90. The van der Waals surface area contributed by atoms with Gasteiger partial charge in [0.15, 0.2) is 0 Å².